The summed E-state index contributed by atoms with van der Waals surface area (Å²) in [5.74, 6) is 1.99. The van der Waals surface area contributed by atoms with Crippen LogP contribution in [0, 0.1) is 0 Å². The number of ether oxygens (including phenoxy) is 2. The summed E-state index contributed by atoms with van der Waals surface area (Å²) < 4.78 is 10.5. The second-order valence-corrected chi connectivity index (χ2v) is 4.31. The maximum atomic E-state index is 5.29. The minimum Gasteiger partial charge on any atom is -0.493 e. The van der Waals surface area contributed by atoms with Gasteiger partial charge < -0.3 is 14.8 Å². The molecule has 1 N–H and O–H groups in total. The molecule has 0 aliphatic carbocycles. The van der Waals surface area contributed by atoms with Crippen molar-refractivity contribution in [1.82, 2.24) is 5.32 Å². The largest absolute Gasteiger partial charge is 0.493 e. The van der Waals surface area contributed by atoms with E-state index in [9.17, 15) is 0 Å². The Morgan fingerprint density at radius 1 is 1.25 bits per heavy atom. The fraction of sp³-hybridized carbons (Fsp3) is 0.417. The van der Waals surface area contributed by atoms with Gasteiger partial charge in [-0.05, 0) is 17.7 Å². The Hall–Kier alpha value is -1.29. The monoisotopic (exact) mass is 237 g/mol. The Kier molecular flexibility index (Phi) is 3.29. The number of methoxy groups -OCH3 is 2. The molecule has 1 heterocycles. The molecule has 1 saturated heterocycles. The summed E-state index contributed by atoms with van der Waals surface area (Å²) in [6, 6.07) is 6.04. The third-order valence-electron chi connectivity index (χ3n) is 2.86. The van der Waals surface area contributed by atoms with Gasteiger partial charge in [-0.2, -0.15) is 0 Å². The quantitative estimate of drug-likeness (QED) is 0.816. The van der Waals surface area contributed by atoms with Gasteiger partial charge in [-0.15, -0.1) is 0 Å². The predicted octanol–water partition coefficient (Wildman–Crippen LogP) is 2.11. The molecule has 1 unspecified atom stereocenters. The van der Waals surface area contributed by atoms with E-state index >= 15 is 0 Å². The zero-order valence-electron chi connectivity index (χ0n) is 9.45. The summed E-state index contributed by atoms with van der Waals surface area (Å²) >= 11 is 5.14. The van der Waals surface area contributed by atoms with Crippen LogP contribution < -0.4 is 14.8 Å². The standard InChI is InChI=1S/C12H15NO2S/c1-14-10-4-3-8(5-11(10)15-2)9-6-12(16)13-7-9/h3-5,9H,6-7H2,1-2H3,(H,13,16). The Labute approximate surface area is 101 Å². The van der Waals surface area contributed by atoms with Crippen LogP contribution in [-0.4, -0.2) is 25.8 Å². The number of hydrogen-bond donors (Lipinski definition) is 1. The minimum atomic E-state index is 0.451. The summed E-state index contributed by atoms with van der Waals surface area (Å²) in [6.07, 6.45) is 0.921. The Balaban J connectivity index is 2.25. The number of benzene rings is 1. The van der Waals surface area contributed by atoms with Gasteiger partial charge in [-0.1, -0.05) is 18.3 Å². The van der Waals surface area contributed by atoms with Crippen LogP contribution >= 0.6 is 12.2 Å². The molecule has 0 saturated carbocycles. The van der Waals surface area contributed by atoms with Gasteiger partial charge in [0.05, 0.1) is 19.2 Å². The van der Waals surface area contributed by atoms with Gasteiger partial charge in [0, 0.05) is 18.9 Å². The highest BCUT2D eigenvalue weighted by Gasteiger charge is 2.21. The van der Waals surface area contributed by atoms with E-state index in [2.05, 4.69) is 11.4 Å². The number of rotatable bonds is 3. The van der Waals surface area contributed by atoms with Gasteiger partial charge in [0.25, 0.3) is 0 Å². The van der Waals surface area contributed by atoms with E-state index in [-0.39, 0.29) is 0 Å². The fourth-order valence-corrected chi connectivity index (χ4v) is 2.23. The molecule has 1 aliphatic rings. The lowest BCUT2D eigenvalue weighted by molar-refractivity contribution is 0.354. The molecule has 0 amide bonds. The maximum absolute atomic E-state index is 5.29. The molecule has 0 radical (unpaired) electrons. The normalized spacial score (nSPS) is 19.4. The molecule has 1 atom stereocenters. The molecule has 0 aromatic heterocycles. The molecule has 1 fully saturated rings. The van der Waals surface area contributed by atoms with E-state index in [1.807, 2.05) is 12.1 Å². The third-order valence-corrected chi connectivity index (χ3v) is 3.17. The number of hydrogen-bond acceptors (Lipinski definition) is 3. The molecule has 86 valence electrons. The first-order valence-electron chi connectivity index (χ1n) is 5.23. The van der Waals surface area contributed by atoms with Gasteiger partial charge in [0.1, 0.15) is 0 Å². The first-order chi connectivity index (χ1) is 7.74. The van der Waals surface area contributed by atoms with Gasteiger partial charge in [0.15, 0.2) is 11.5 Å². The second kappa shape index (κ2) is 4.70. The fourth-order valence-electron chi connectivity index (χ4n) is 1.95. The summed E-state index contributed by atoms with van der Waals surface area (Å²) in [7, 11) is 3.29. The molecule has 4 heteroatoms. The van der Waals surface area contributed by atoms with Crippen molar-refractivity contribution in [3.8, 4) is 11.5 Å². The molecule has 2 rings (SSSR count). The highest BCUT2D eigenvalue weighted by molar-refractivity contribution is 7.80. The van der Waals surface area contributed by atoms with Crippen molar-refractivity contribution in [2.75, 3.05) is 20.8 Å². The van der Waals surface area contributed by atoms with Crippen molar-refractivity contribution in [3.63, 3.8) is 0 Å². The summed E-state index contributed by atoms with van der Waals surface area (Å²) in [6.45, 7) is 0.911. The van der Waals surface area contributed by atoms with Gasteiger partial charge in [0.2, 0.25) is 0 Å². The average molecular weight is 237 g/mol. The number of nitrogens with one attached hydrogen (secondary N) is 1. The molecular weight excluding hydrogens is 222 g/mol. The lowest BCUT2D eigenvalue weighted by Gasteiger charge is -2.12. The topological polar surface area (TPSA) is 30.5 Å². The lowest BCUT2D eigenvalue weighted by Crippen LogP contribution is -2.11. The zero-order chi connectivity index (χ0) is 11.5. The molecule has 0 spiro atoms. The Morgan fingerprint density at radius 2 is 2.00 bits per heavy atom. The van der Waals surface area contributed by atoms with Crippen LogP contribution in [0.2, 0.25) is 0 Å². The molecular formula is C12H15NO2S. The van der Waals surface area contributed by atoms with Gasteiger partial charge in [-0.25, -0.2) is 0 Å². The lowest BCUT2D eigenvalue weighted by atomic mass is 9.98. The first kappa shape index (κ1) is 11.2. The van der Waals surface area contributed by atoms with Crippen molar-refractivity contribution in [1.29, 1.82) is 0 Å². The van der Waals surface area contributed by atoms with E-state index in [0.717, 1.165) is 29.5 Å². The van der Waals surface area contributed by atoms with Crippen molar-refractivity contribution in [2.24, 2.45) is 0 Å². The Bertz CT molecular complexity index is 406. The SMILES string of the molecule is COc1ccc(C2CNC(=S)C2)cc1OC. The molecule has 1 aliphatic heterocycles. The second-order valence-electron chi connectivity index (χ2n) is 3.82. The van der Waals surface area contributed by atoms with Crippen LogP contribution in [0.4, 0.5) is 0 Å². The molecule has 3 nitrogen and oxygen atoms in total. The van der Waals surface area contributed by atoms with E-state index in [1.54, 1.807) is 14.2 Å². The zero-order valence-corrected chi connectivity index (χ0v) is 10.3. The van der Waals surface area contributed by atoms with E-state index in [0.29, 0.717) is 5.92 Å². The molecule has 1 aromatic rings. The van der Waals surface area contributed by atoms with E-state index in [1.165, 1.54) is 5.56 Å². The van der Waals surface area contributed by atoms with Crippen LogP contribution in [0.1, 0.15) is 17.9 Å². The van der Waals surface area contributed by atoms with Gasteiger partial charge in [-0.3, -0.25) is 0 Å². The molecule has 16 heavy (non-hydrogen) atoms. The average Bonchev–Trinajstić information content (AvgIpc) is 2.75. The van der Waals surface area contributed by atoms with E-state index in [4.69, 9.17) is 21.7 Å². The van der Waals surface area contributed by atoms with Crippen LogP contribution in [0.3, 0.4) is 0 Å². The van der Waals surface area contributed by atoms with Crippen molar-refractivity contribution >= 4 is 17.2 Å². The smallest absolute Gasteiger partial charge is 0.160 e. The Morgan fingerprint density at radius 3 is 2.56 bits per heavy atom. The van der Waals surface area contributed by atoms with Crippen LogP contribution in [-0.2, 0) is 0 Å². The molecule has 1 aromatic carbocycles. The van der Waals surface area contributed by atoms with Crippen LogP contribution in [0.25, 0.3) is 0 Å². The first-order valence-corrected chi connectivity index (χ1v) is 5.64. The predicted molar refractivity (Wildman–Crippen MR) is 67.5 cm³/mol. The van der Waals surface area contributed by atoms with Crippen molar-refractivity contribution in [3.05, 3.63) is 23.8 Å². The van der Waals surface area contributed by atoms with Crippen LogP contribution in [0.5, 0.6) is 11.5 Å². The minimum absolute atomic E-state index is 0.451. The van der Waals surface area contributed by atoms with Crippen LogP contribution in [0.15, 0.2) is 18.2 Å². The third kappa shape index (κ3) is 2.11. The highest BCUT2D eigenvalue weighted by Crippen LogP contribution is 2.32. The van der Waals surface area contributed by atoms with Crippen molar-refractivity contribution in [2.45, 2.75) is 12.3 Å². The van der Waals surface area contributed by atoms with Crippen molar-refractivity contribution < 1.29 is 9.47 Å². The summed E-state index contributed by atoms with van der Waals surface area (Å²) in [5.41, 5.74) is 1.24. The maximum Gasteiger partial charge on any atom is 0.160 e. The number of thiocarbonyl (C=S) groups is 1. The highest BCUT2D eigenvalue weighted by atomic mass is 32.1. The summed E-state index contributed by atoms with van der Waals surface area (Å²) in [5, 5.41) is 3.19. The van der Waals surface area contributed by atoms with E-state index < -0.39 is 0 Å². The molecule has 0 bridgehead atoms. The van der Waals surface area contributed by atoms with Gasteiger partial charge >= 0.3 is 0 Å². The summed E-state index contributed by atoms with van der Waals surface area (Å²) in [4.78, 5) is 0.944.